The van der Waals surface area contributed by atoms with Crippen molar-refractivity contribution in [2.75, 3.05) is 13.2 Å². The minimum Gasteiger partial charge on any atom is -0.369 e. The summed E-state index contributed by atoms with van der Waals surface area (Å²) in [5.74, 6) is 0. The van der Waals surface area contributed by atoms with Gasteiger partial charge in [-0.05, 0) is 0 Å². The number of rotatable bonds is 4. The van der Waals surface area contributed by atoms with Crippen molar-refractivity contribution in [2.24, 2.45) is 0 Å². The summed E-state index contributed by atoms with van der Waals surface area (Å²) in [5.41, 5.74) is -0.302. The zero-order chi connectivity index (χ0) is 7.84. The highest BCUT2D eigenvalue weighted by atomic mass is 32.1. The Morgan fingerprint density at radius 1 is 1.09 bits per heavy atom. The molecular formula is C6H10O3S2. The van der Waals surface area contributed by atoms with Crippen molar-refractivity contribution in [3.05, 3.63) is 0 Å². The molecule has 11 heavy (non-hydrogen) atoms. The fourth-order valence-corrected chi connectivity index (χ4v) is 1.46. The maximum absolute atomic E-state index is 5.38. The van der Waals surface area contributed by atoms with E-state index in [1.165, 1.54) is 0 Å². The van der Waals surface area contributed by atoms with Gasteiger partial charge in [0, 0.05) is 0 Å². The maximum atomic E-state index is 5.38. The van der Waals surface area contributed by atoms with Gasteiger partial charge in [-0.15, -0.1) is 25.3 Å². The van der Waals surface area contributed by atoms with Gasteiger partial charge in [0.2, 0.25) is 0 Å². The molecule has 2 aliphatic rings. The van der Waals surface area contributed by atoms with E-state index in [4.69, 9.17) is 14.2 Å². The average molecular weight is 194 g/mol. The minimum absolute atomic E-state index is 0.151. The van der Waals surface area contributed by atoms with Crippen molar-refractivity contribution in [2.45, 2.75) is 23.1 Å². The van der Waals surface area contributed by atoms with E-state index >= 15 is 0 Å². The van der Waals surface area contributed by atoms with Crippen LogP contribution in [0.1, 0.15) is 0 Å². The van der Waals surface area contributed by atoms with E-state index in [0.29, 0.717) is 0 Å². The van der Waals surface area contributed by atoms with Crippen LogP contribution in [-0.2, 0) is 14.2 Å². The van der Waals surface area contributed by atoms with E-state index in [9.17, 15) is 0 Å². The third-order valence-electron chi connectivity index (χ3n) is 1.63. The molecule has 0 amide bonds. The Labute approximate surface area is 76.2 Å². The number of epoxide rings is 2. The lowest BCUT2D eigenvalue weighted by Crippen LogP contribution is -2.22. The van der Waals surface area contributed by atoms with Crippen LogP contribution >= 0.6 is 25.3 Å². The van der Waals surface area contributed by atoms with Crippen LogP contribution in [0.2, 0.25) is 0 Å². The molecule has 0 aromatic rings. The molecule has 2 rings (SSSR count). The lowest BCUT2D eigenvalue weighted by molar-refractivity contribution is 0.0599. The Balaban J connectivity index is 1.69. The summed E-state index contributed by atoms with van der Waals surface area (Å²) in [5, 5.41) is 0. The van der Waals surface area contributed by atoms with Crippen LogP contribution in [0, 0.1) is 0 Å². The first-order chi connectivity index (χ1) is 5.27. The Morgan fingerprint density at radius 2 is 1.45 bits per heavy atom. The lowest BCUT2D eigenvalue weighted by atomic mass is 10.5. The van der Waals surface area contributed by atoms with Gasteiger partial charge in [0.1, 0.15) is 23.1 Å². The van der Waals surface area contributed by atoms with Gasteiger partial charge >= 0.3 is 0 Å². The van der Waals surface area contributed by atoms with E-state index in [2.05, 4.69) is 25.3 Å². The number of ether oxygens (including phenoxy) is 3. The van der Waals surface area contributed by atoms with Crippen LogP contribution in [0.5, 0.6) is 0 Å². The van der Waals surface area contributed by atoms with Crippen LogP contribution in [-0.4, -0.2) is 36.3 Å². The normalized spacial score (nSPS) is 39.8. The van der Waals surface area contributed by atoms with Crippen LogP contribution in [0.4, 0.5) is 0 Å². The highest BCUT2D eigenvalue weighted by Crippen LogP contribution is 2.26. The van der Waals surface area contributed by atoms with Crippen LogP contribution in [0.25, 0.3) is 0 Å². The van der Waals surface area contributed by atoms with Crippen molar-refractivity contribution in [3.8, 4) is 0 Å². The SMILES string of the molecule is SC(OC(S)C1CO1)C1CO1. The van der Waals surface area contributed by atoms with E-state index < -0.39 is 0 Å². The second-order valence-electron chi connectivity index (χ2n) is 2.66. The van der Waals surface area contributed by atoms with Gasteiger partial charge < -0.3 is 14.2 Å². The molecule has 4 atom stereocenters. The Bertz CT molecular complexity index is 131. The quantitative estimate of drug-likeness (QED) is 0.384. The molecule has 0 N–H and O–H groups in total. The zero-order valence-corrected chi connectivity index (χ0v) is 7.63. The van der Waals surface area contributed by atoms with Gasteiger partial charge in [0.15, 0.2) is 0 Å². The topological polar surface area (TPSA) is 34.3 Å². The van der Waals surface area contributed by atoms with Gasteiger partial charge in [-0.3, -0.25) is 0 Å². The molecule has 2 saturated heterocycles. The molecule has 0 spiro atoms. The molecule has 0 aromatic carbocycles. The average Bonchev–Trinajstić information content (AvgIpc) is 2.84. The fraction of sp³-hybridized carbons (Fsp3) is 1.00. The monoisotopic (exact) mass is 194 g/mol. The maximum Gasteiger partial charge on any atom is 0.130 e. The van der Waals surface area contributed by atoms with Crippen molar-refractivity contribution in [1.29, 1.82) is 0 Å². The highest BCUT2D eigenvalue weighted by Gasteiger charge is 2.37. The summed E-state index contributed by atoms with van der Waals surface area (Å²) in [7, 11) is 0. The molecule has 0 saturated carbocycles. The predicted octanol–water partition coefficient (Wildman–Crippen LogP) is 0.312. The smallest absolute Gasteiger partial charge is 0.130 e. The molecule has 0 aromatic heterocycles. The van der Waals surface area contributed by atoms with Gasteiger partial charge in [-0.25, -0.2) is 0 Å². The number of hydrogen-bond donors (Lipinski definition) is 2. The predicted molar refractivity (Wildman–Crippen MR) is 46.1 cm³/mol. The molecule has 64 valence electrons. The lowest BCUT2D eigenvalue weighted by Gasteiger charge is -2.13. The summed E-state index contributed by atoms with van der Waals surface area (Å²) in [6, 6.07) is 0. The molecule has 2 heterocycles. The summed E-state index contributed by atoms with van der Waals surface area (Å²) in [6.07, 6.45) is 0.318. The number of thiol groups is 2. The van der Waals surface area contributed by atoms with E-state index in [0.717, 1.165) is 13.2 Å². The van der Waals surface area contributed by atoms with Crippen molar-refractivity contribution < 1.29 is 14.2 Å². The third kappa shape index (κ3) is 2.26. The second-order valence-corrected chi connectivity index (χ2v) is 3.68. The molecule has 0 bridgehead atoms. The standard InChI is InChI=1S/C6H10O3S2/c10-5(3-1-7-3)9-6(11)4-2-8-4/h3-6,10-11H,1-2H2. The molecule has 4 unspecified atom stereocenters. The molecule has 5 heteroatoms. The summed E-state index contributed by atoms with van der Waals surface area (Å²) in [6.45, 7) is 1.50. The van der Waals surface area contributed by atoms with E-state index in [1.54, 1.807) is 0 Å². The van der Waals surface area contributed by atoms with E-state index in [1.807, 2.05) is 0 Å². The third-order valence-corrected chi connectivity index (χ3v) is 2.54. The molecule has 0 aliphatic carbocycles. The summed E-state index contributed by atoms with van der Waals surface area (Å²) in [4.78, 5) is 0. The molecule has 2 fully saturated rings. The Kier molecular flexibility index (Phi) is 2.34. The van der Waals surface area contributed by atoms with Crippen LogP contribution < -0.4 is 0 Å². The first-order valence-corrected chi connectivity index (χ1v) is 4.55. The highest BCUT2D eigenvalue weighted by molar-refractivity contribution is 7.81. The van der Waals surface area contributed by atoms with Gasteiger partial charge in [0.25, 0.3) is 0 Å². The Morgan fingerprint density at radius 3 is 1.73 bits per heavy atom. The van der Waals surface area contributed by atoms with Crippen LogP contribution in [0.15, 0.2) is 0 Å². The summed E-state index contributed by atoms with van der Waals surface area (Å²) >= 11 is 8.39. The molecule has 2 aliphatic heterocycles. The van der Waals surface area contributed by atoms with Crippen molar-refractivity contribution in [1.82, 2.24) is 0 Å². The van der Waals surface area contributed by atoms with Crippen LogP contribution in [0.3, 0.4) is 0 Å². The first kappa shape index (κ1) is 8.19. The van der Waals surface area contributed by atoms with Gasteiger partial charge in [-0.1, -0.05) is 0 Å². The first-order valence-electron chi connectivity index (χ1n) is 3.52. The fourth-order valence-electron chi connectivity index (χ4n) is 0.758. The van der Waals surface area contributed by atoms with Gasteiger partial charge in [-0.2, -0.15) is 0 Å². The van der Waals surface area contributed by atoms with E-state index in [-0.39, 0.29) is 23.1 Å². The molecule has 0 radical (unpaired) electrons. The molecule has 3 nitrogen and oxygen atoms in total. The minimum atomic E-state index is -0.151. The second kappa shape index (κ2) is 3.14. The van der Waals surface area contributed by atoms with Gasteiger partial charge in [0.05, 0.1) is 13.2 Å². The Hall–Kier alpha value is 0.580. The molecular weight excluding hydrogens is 184 g/mol. The zero-order valence-electron chi connectivity index (χ0n) is 5.84. The summed E-state index contributed by atoms with van der Waals surface area (Å²) < 4.78 is 15.4. The largest absolute Gasteiger partial charge is 0.369 e. The van der Waals surface area contributed by atoms with Crippen molar-refractivity contribution in [3.63, 3.8) is 0 Å². The van der Waals surface area contributed by atoms with Crippen molar-refractivity contribution >= 4 is 25.3 Å². The number of hydrogen-bond acceptors (Lipinski definition) is 5.